The number of fused-ring (bicyclic) bond motifs is 1. The van der Waals surface area contributed by atoms with Crippen LogP contribution in [0, 0.1) is 0 Å². The molecule has 0 saturated heterocycles. The molecule has 1 aliphatic heterocycles. The van der Waals surface area contributed by atoms with Gasteiger partial charge in [-0.15, -0.1) is 0 Å². The highest BCUT2D eigenvalue weighted by Crippen LogP contribution is 2.38. The number of hydrogen-bond donors (Lipinski definition) is 1. The summed E-state index contributed by atoms with van der Waals surface area (Å²) in [6.45, 7) is 0.683. The molecule has 0 bridgehead atoms. The van der Waals surface area contributed by atoms with Gasteiger partial charge in [0.05, 0.1) is 30.5 Å². The third-order valence-electron chi connectivity index (χ3n) is 3.51. The van der Waals surface area contributed by atoms with E-state index in [1.165, 1.54) is 0 Å². The Hall–Kier alpha value is -1.39. The van der Waals surface area contributed by atoms with E-state index in [1.54, 1.807) is 7.11 Å². The Bertz CT molecular complexity index is 663. The van der Waals surface area contributed by atoms with Crippen molar-refractivity contribution in [3.05, 3.63) is 51.5 Å². The number of rotatable bonds is 3. The summed E-state index contributed by atoms with van der Waals surface area (Å²) in [6.07, 6.45) is 0.878. The summed E-state index contributed by atoms with van der Waals surface area (Å²) >= 11 is 9.73. The largest absolute Gasteiger partial charge is 0.497 e. The van der Waals surface area contributed by atoms with Crippen LogP contribution in [0.15, 0.2) is 40.9 Å². The van der Waals surface area contributed by atoms with Gasteiger partial charge in [-0.05, 0) is 36.4 Å². The number of hydrogen-bond acceptors (Lipinski definition) is 3. The summed E-state index contributed by atoms with van der Waals surface area (Å²) in [5.74, 6) is 1.72. The van der Waals surface area contributed by atoms with E-state index in [0.717, 1.165) is 33.6 Å². The van der Waals surface area contributed by atoms with Crippen LogP contribution in [0.2, 0.25) is 5.02 Å². The van der Waals surface area contributed by atoms with E-state index in [0.29, 0.717) is 11.6 Å². The second kappa shape index (κ2) is 6.16. The van der Waals surface area contributed by atoms with Crippen LogP contribution in [0.1, 0.15) is 18.0 Å². The maximum atomic E-state index is 6.26. The molecule has 1 N–H and O–H groups in total. The van der Waals surface area contributed by atoms with Crippen LogP contribution in [0.3, 0.4) is 0 Å². The third-order valence-corrected chi connectivity index (χ3v) is 4.34. The second-order valence-corrected chi connectivity index (χ2v) is 6.18. The first-order chi connectivity index (χ1) is 10.2. The highest BCUT2D eigenvalue weighted by atomic mass is 79.9. The predicted molar refractivity (Wildman–Crippen MR) is 88.6 cm³/mol. The first-order valence-electron chi connectivity index (χ1n) is 6.69. The molecular formula is C16H15BrClNO2. The van der Waals surface area contributed by atoms with E-state index in [4.69, 9.17) is 21.1 Å². The van der Waals surface area contributed by atoms with E-state index in [9.17, 15) is 0 Å². The van der Waals surface area contributed by atoms with Crippen molar-refractivity contribution in [2.24, 2.45) is 0 Å². The van der Waals surface area contributed by atoms with Crippen molar-refractivity contribution in [1.82, 2.24) is 0 Å². The molecule has 0 aliphatic carbocycles. The molecule has 0 amide bonds. The summed E-state index contributed by atoms with van der Waals surface area (Å²) in [6, 6.07) is 11.8. The lowest BCUT2D eigenvalue weighted by atomic mass is 10.00. The Balaban J connectivity index is 1.92. The van der Waals surface area contributed by atoms with Gasteiger partial charge < -0.3 is 14.8 Å². The van der Waals surface area contributed by atoms with Crippen LogP contribution in [-0.4, -0.2) is 13.7 Å². The summed E-state index contributed by atoms with van der Waals surface area (Å²) < 4.78 is 12.0. The fourth-order valence-electron chi connectivity index (χ4n) is 2.45. The molecule has 0 saturated carbocycles. The Morgan fingerprint density at radius 3 is 2.95 bits per heavy atom. The van der Waals surface area contributed by atoms with Crippen LogP contribution in [0.25, 0.3) is 0 Å². The van der Waals surface area contributed by atoms with Gasteiger partial charge in [-0.3, -0.25) is 0 Å². The minimum atomic E-state index is 0.149. The van der Waals surface area contributed by atoms with Crippen molar-refractivity contribution in [2.45, 2.75) is 12.5 Å². The van der Waals surface area contributed by atoms with Gasteiger partial charge in [-0.25, -0.2) is 0 Å². The van der Waals surface area contributed by atoms with Gasteiger partial charge in [0, 0.05) is 16.5 Å². The Morgan fingerprint density at radius 1 is 1.29 bits per heavy atom. The van der Waals surface area contributed by atoms with Crippen molar-refractivity contribution in [3.8, 4) is 11.5 Å². The quantitative estimate of drug-likeness (QED) is 0.822. The summed E-state index contributed by atoms with van der Waals surface area (Å²) in [5.41, 5.74) is 2.00. The van der Waals surface area contributed by atoms with Crippen molar-refractivity contribution in [2.75, 3.05) is 19.0 Å². The third kappa shape index (κ3) is 3.11. The van der Waals surface area contributed by atoms with E-state index >= 15 is 0 Å². The van der Waals surface area contributed by atoms with Crippen LogP contribution in [0.5, 0.6) is 11.5 Å². The Kier molecular flexibility index (Phi) is 4.27. The van der Waals surface area contributed by atoms with Gasteiger partial charge in [-0.1, -0.05) is 27.5 Å². The smallest absolute Gasteiger partial charge is 0.124 e. The topological polar surface area (TPSA) is 30.5 Å². The highest BCUT2D eigenvalue weighted by Gasteiger charge is 2.22. The number of methoxy groups -OCH3 is 1. The SMILES string of the molecule is COc1ccc2c(c1)C(Nc1cc(Br)ccc1Cl)CCO2. The lowest BCUT2D eigenvalue weighted by Crippen LogP contribution is -2.20. The van der Waals surface area contributed by atoms with E-state index in [2.05, 4.69) is 21.2 Å². The molecule has 21 heavy (non-hydrogen) atoms. The van der Waals surface area contributed by atoms with Crippen LogP contribution >= 0.6 is 27.5 Å². The molecule has 0 fully saturated rings. The van der Waals surface area contributed by atoms with Gasteiger partial charge in [0.15, 0.2) is 0 Å². The first kappa shape index (κ1) is 14.5. The van der Waals surface area contributed by atoms with Crippen LogP contribution in [0.4, 0.5) is 5.69 Å². The molecule has 1 aliphatic rings. The molecule has 1 atom stereocenters. The van der Waals surface area contributed by atoms with Crippen LogP contribution < -0.4 is 14.8 Å². The second-order valence-electron chi connectivity index (χ2n) is 4.86. The number of anilines is 1. The average molecular weight is 369 g/mol. The van der Waals surface area contributed by atoms with Gasteiger partial charge in [0.2, 0.25) is 0 Å². The number of nitrogens with one attached hydrogen (secondary N) is 1. The zero-order valence-corrected chi connectivity index (χ0v) is 13.9. The van der Waals surface area contributed by atoms with Gasteiger partial charge >= 0.3 is 0 Å². The lowest BCUT2D eigenvalue weighted by Gasteiger charge is -2.28. The molecule has 1 heterocycles. The summed E-state index contributed by atoms with van der Waals surface area (Å²) in [7, 11) is 1.67. The Morgan fingerprint density at radius 2 is 2.14 bits per heavy atom. The van der Waals surface area contributed by atoms with Gasteiger partial charge in [0.1, 0.15) is 11.5 Å². The molecule has 0 radical (unpaired) electrons. The van der Waals surface area contributed by atoms with Crippen molar-refractivity contribution in [3.63, 3.8) is 0 Å². The van der Waals surface area contributed by atoms with Crippen molar-refractivity contribution in [1.29, 1.82) is 0 Å². The molecule has 3 nitrogen and oxygen atoms in total. The van der Waals surface area contributed by atoms with E-state index in [-0.39, 0.29) is 6.04 Å². The summed E-state index contributed by atoms with van der Waals surface area (Å²) in [4.78, 5) is 0. The normalized spacial score (nSPS) is 16.8. The predicted octanol–water partition coefficient (Wildman–Crippen LogP) is 5.05. The molecular weight excluding hydrogens is 354 g/mol. The lowest BCUT2D eigenvalue weighted by molar-refractivity contribution is 0.273. The Labute approximate surface area is 137 Å². The maximum Gasteiger partial charge on any atom is 0.124 e. The fraction of sp³-hybridized carbons (Fsp3) is 0.250. The average Bonchev–Trinajstić information content (AvgIpc) is 2.51. The van der Waals surface area contributed by atoms with Crippen molar-refractivity contribution < 1.29 is 9.47 Å². The zero-order chi connectivity index (χ0) is 14.8. The maximum absolute atomic E-state index is 6.26. The molecule has 0 spiro atoms. The standard InChI is InChI=1S/C16H15BrClNO2/c1-20-11-3-5-16-12(9-11)14(6-7-21-16)19-15-8-10(17)2-4-13(15)18/h2-5,8-9,14,19H,6-7H2,1H3. The molecule has 2 aromatic rings. The van der Waals surface area contributed by atoms with E-state index in [1.807, 2.05) is 36.4 Å². The zero-order valence-electron chi connectivity index (χ0n) is 11.5. The molecule has 0 aromatic heterocycles. The van der Waals surface area contributed by atoms with E-state index < -0.39 is 0 Å². The van der Waals surface area contributed by atoms with Crippen molar-refractivity contribution >= 4 is 33.2 Å². The van der Waals surface area contributed by atoms with Gasteiger partial charge in [0.25, 0.3) is 0 Å². The molecule has 1 unspecified atom stereocenters. The van der Waals surface area contributed by atoms with Crippen LogP contribution in [-0.2, 0) is 0 Å². The summed E-state index contributed by atoms with van der Waals surface area (Å²) in [5, 5.41) is 4.20. The number of benzene rings is 2. The molecule has 3 rings (SSSR count). The molecule has 5 heteroatoms. The van der Waals surface area contributed by atoms with Gasteiger partial charge in [-0.2, -0.15) is 0 Å². The first-order valence-corrected chi connectivity index (χ1v) is 7.87. The monoisotopic (exact) mass is 367 g/mol. The molecule has 110 valence electrons. The molecule has 2 aromatic carbocycles. The fourth-order valence-corrected chi connectivity index (χ4v) is 2.98. The minimum Gasteiger partial charge on any atom is -0.497 e. The highest BCUT2D eigenvalue weighted by molar-refractivity contribution is 9.10. The number of halogens is 2. The minimum absolute atomic E-state index is 0.149. The number of ether oxygens (including phenoxy) is 2.